The fourth-order valence-corrected chi connectivity index (χ4v) is 1.69. The van der Waals surface area contributed by atoms with E-state index in [0.717, 1.165) is 12.0 Å². The summed E-state index contributed by atoms with van der Waals surface area (Å²) in [5.74, 6) is 0.927. The van der Waals surface area contributed by atoms with Crippen LogP contribution >= 0.6 is 0 Å². The molecule has 0 aromatic carbocycles. The van der Waals surface area contributed by atoms with Crippen molar-refractivity contribution in [2.75, 3.05) is 13.1 Å². The average Bonchev–Trinajstić information content (AvgIpc) is 2.03. The summed E-state index contributed by atoms with van der Waals surface area (Å²) in [6.07, 6.45) is 2.84. The zero-order valence-electron chi connectivity index (χ0n) is 10.4. The fraction of sp³-hybridized carbons (Fsp3) is 0.917. The Bertz CT molecular complexity index is 160. The minimum absolute atomic E-state index is 0.667. The molecule has 1 heterocycles. The molecular weight excluding hydrogens is 172 g/mol. The molecule has 0 radical (unpaired) electrons. The minimum Gasteiger partial charge on any atom is -0.310 e. The monoisotopic (exact) mass is 198 g/mol. The van der Waals surface area contributed by atoms with Gasteiger partial charge in [0.15, 0.2) is 0 Å². The first-order valence-electron chi connectivity index (χ1n) is 5.69. The quantitative estimate of drug-likeness (QED) is 0.644. The molecule has 2 heteroatoms. The maximum absolute atomic E-state index is 6.50. The van der Waals surface area contributed by atoms with E-state index in [2.05, 4.69) is 25.7 Å². The van der Waals surface area contributed by atoms with Crippen LogP contribution in [0.25, 0.3) is 0 Å². The van der Waals surface area contributed by atoms with Gasteiger partial charge in [0.25, 0.3) is 0 Å². The summed E-state index contributed by atoms with van der Waals surface area (Å²) >= 11 is 0. The summed E-state index contributed by atoms with van der Waals surface area (Å²) < 4.78 is 0. The smallest absolute Gasteiger partial charge is 0.00387 e. The van der Waals surface area contributed by atoms with Crippen molar-refractivity contribution in [3.8, 4) is 0 Å². The summed E-state index contributed by atoms with van der Waals surface area (Å²) in [7, 11) is 0. The van der Waals surface area contributed by atoms with E-state index in [1.165, 1.54) is 25.9 Å². The Kier molecular flexibility index (Phi) is 6.81. The largest absolute Gasteiger partial charge is 0.310 e. The minimum atomic E-state index is 0.667. The topological polar surface area (TPSA) is 27.1 Å². The van der Waals surface area contributed by atoms with Gasteiger partial charge in [-0.05, 0) is 53.0 Å². The van der Waals surface area contributed by atoms with Crippen LogP contribution in [0, 0.1) is 11.3 Å². The molecule has 0 aliphatic carbocycles. The Balaban J connectivity index is 0.000000364. The molecule has 0 aromatic heterocycles. The van der Waals surface area contributed by atoms with Crippen LogP contribution in [0.4, 0.5) is 0 Å². The van der Waals surface area contributed by atoms with Crippen LogP contribution in [0.1, 0.15) is 47.5 Å². The van der Waals surface area contributed by atoms with Crippen LogP contribution in [-0.2, 0) is 0 Å². The lowest BCUT2D eigenvalue weighted by atomic mass is 9.99. The predicted molar refractivity (Wildman–Crippen MR) is 64.2 cm³/mol. The SMILES string of the molecule is CC(C)=N.CC1CCCN(C(C)C)C1. The van der Waals surface area contributed by atoms with Crippen molar-refractivity contribution in [3.05, 3.63) is 0 Å². The van der Waals surface area contributed by atoms with Crippen LogP contribution in [0.5, 0.6) is 0 Å². The van der Waals surface area contributed by atoms with Gasteiger partial charge in [0.05, 0.1) is 0 Å². The van der Waals surface area contributed by atoms with Gasteiger partial charge in [-0.25, -0.2) is 0 Å². The van der Waals surface area contributed by atoms with Crippen molar-refractivity contribution in [2.45, 2.75) is 53.5 Å². The van der Waals surface area contributed by atoms with Crippen molar-refractivity contribution < 1.29 is 0 Å². The zero-order valence-corrected chi connectivity index (χ0v) is 10.4. The summed E-state index contributed by atoms with van der Waals surface area (Å²) in [5, 5.41) is 6.50. The lowest BCUT2D eigenvalue weighted by Gasteiger charge is -2.33. The van der Waals surface area contributed by atoms with E-state index in [9.17, 15) is 0 Å². The second-order valence-corrected chi connectivity index (χ2v) is 4.84. The molecule has 0 saturated carbocycles. The van der Waals surface area contributed by atoms with Gasteiger partial charge in [-0.1, -0.05) is 6.92 Å². The summed E-state index contributed by atoms with van der Waals surface area (Å²) in [5.41, 5.74) is 0.667. The molecule has 1 aliphatic rings. The number of rotatable bonds is 1. The van der Waals surface area contributed by atoms with Gasteiger partial charge in [0.1, 0.15) is 0 Å². The lowest BCUT2D eigenvalue weighted by Crippen LogP contribution is -2.38. The molecule has 2 nitrogen and oxygen atoms in total. The van der Waals surface area contributed by atoms with E-state index in [4.69, 9.17) is 5.41 Å². The third-order valence-electron chi connectivity index (χ3n) is 2.42. The molecule has 14 heavy (non-hydrogen) atoms. The zero-order chi connectivity index (χ0) is 11.1. The van der Waals surface area contributed by atoms with E-state index < -0.39 is 0 Å². The Morgan fingerprint density at radius 1 is 1.36 bits per heavy atom. The Morgan fingerprint density at radius 3 is 2.14 bits per heavy atom. The van der Waals surface area contributed by atoms with Crippen LogP contribution in [0.3, 0.4) is 0 Å². The van der Waals surface area contributed by atoms with Crippen LogP contribution in [0.2, 0.25) is 0 Å². The number of nitrogens with one attached hydrogen (secondary N) is 1. The first-order valence-corrected chi connectivity index (χ1v) is 5.69. The van der Waals surface area contributed by atoms with E-state index >= 15 is 0 Å². The van der Waals surface area contributed by atoms with E-state index in [0.29, 0.717) is 5.71 Å². The summed E-state index contributed by atoms with van der Waals surface area (Å²) in [6.45, 7) is 13.1. The Labute approximate surface area is 89.2 Å². The molecule has 1 fully saturated rings. The molecular formula is C12H26N2. The number of hydrogen-bond donors (Lipinski definition) is 1. The number of nitrogens with zero attached hydrogens (tertiary/aromatic N) is 1. The second kappa shape index (κ2) is 6.99. The summed E-state index contributed by atoms with van der Waals surface area (Å²) in [6, 6.07) is 0.753. The third-order valence-corrected chi connectivity index (χ3v) is 2.42. The standard InChI is InChI=1S/C9H19N.C3H7N/c1-8(2)10-6-4-5-9(3)7-10;1-3(2)4/h8-9H,4-7H2,1-3H3;4H,1-2H3. The van der Waals surface area contributed by atoms with Crippen molar-refractivity contribution in [2.24, 2.45) is 5.92 Å². The molecule has 0 aromatic rings. The van der Waals surface area contributed by atoms with Gasteiger partial charge < -0.3 is 10.3 Å². The second-order valence-electron chi connectivity index (χ2n) is 4.84. The van der Waals surface area contributed by atoms with Gasteiger partial charge in [-0.2, -0.15) is 0 Å². The Morgan fingerprint density at radius 2 is 1.86 bits per heavy atom. The molecule has 1 aliphatic heterocycles. The summed E-state index contributed by atoms with van der Waals surface area (Å²) in [4.78, 5) is 2.58. The average molecular weight is 198 g/mol. The van der Waals surface area contributed by atoms with E-state index in [1.54, 1.807) is 13.8 Å². The highest BCUT2D eigenvalue weighted by molar-refractivity contribution is 5.75. The van der Waals surface area contributed by atoms with Crippen LogP contribution in [-0.4, -0.2) is 29.7 Å². The van der Waals surface area contributed by atoms with Crippen molar-refractivity contribution in [1.82, 2.24) is 4.90 Å². The van der Waals surface area contributed by atoms with Crippen LogP contribution < -0.4 is 0 Å². The van der Waals surface area contributed by atoms with Gasteiger partial charge in [-0.15, -0.1) is 0 Å². The predicted octanol–water partition coefficient (Wildman–Crippen LogP) is 3.17. The molecule has 0 amide bonds. The Hall–Kier alpha value is -0.370. The maximum Gasteiger partial charge on any atom is 0.00387 e. The molecule has 0 bridgehead atoms. The molecule has 0 spiro atoms. The maximum atomic E-state index is 6.50. The molecule has 1 atom stereocenters. The first kappa shape index (κ1) is 13.6. The fourth-order valence-electron chi connectivity index (χ4n) is 1.69. The molecule has 1 saturated heterocycles. The molecule has 1 unspecified atom stereocenters. The van der Waals surface area contributed by atoms with Crippen molar-refractivity contribution in [3.63, 3.8) is 0 Å². The van der Waals surface area contributed by atoms with Crippen LogP contribution in [0.15, 0.2) is 0 Å². The van der Waals surface area contributed by atoms with Gasteiger partial charge in [0.2, 0.25) is 0 Å². The highest BCUT2D eigenvalue weighted by Gasteiger charge is 2.17. The molecule has 84 valence electrons. The number of hydrogen-bond acceptors (Lipinski definition) is 2. The van der Waals surface area contributed by atoms with Gasteiger partial charge in [0, 0.05) is 18.3 Å². The van der Waals surface area contributed by atoms with Crippen molar-refractivity contribution in [1.29, 1.82) is 5.41 Å². The highest BCUT2D eigenvalue weighted by atomic mass is 15.1. The normalized spacial score (nSPS) is 22.9. The molecule has 1 rings (SSSR count). The van der Waals surface area contributed by atoms with Gasteiger partial charge >= 0.3 is 0 Å². The lowest BCUT2D eigenvalue weighted by molar-refractivity contribution is 0.147. The number of piperidine rings is 1. The van der Waals surface area contributed by atoms with E-state index in [-0.39, 0.29) is 0 Å². The molecule has 1 N–H and O–H groups in total. The van der Waals surface area contributed by atoms with Crippen molar-refractivity contribution >= 4 is 5.71 Å². The highest BCUT2D eigenvalue weighted by Crippen LogP contribution is 2.16. The first-order chi connectivity index (χ1) is 6.43. The van der Waals surface area contributed by atoms with Gasteiger partial charge in [-0.3, -0.25) is 0 Å². The number of likely N-dealkylation sites (tertiary alicyclic amines) is 1. The third kappa shape index (κ3) is 7.07. The van der Waals surface area contributed by atoms with E-state index in [1.807, 2.05) is 0 Å².